The van der Waals surface area contributed by atoms with Crippen molar-refractivity contribution < 1.29 is 14.4 Å². The number of nitrogens with zero attached hydrogens (tertiary/aromatic N) is 2. The fourth-order valence-corrected chi connectivity index (χ4v) is 5.40. The molecule has 1 fully saturated rings. The Bertz CT molecular complexity index is 1570. The van der Waals surface area contributed by atoms with Crippen molar-refractivity contribution in [1.82, 2.24) is 9.47 Å². The summed E-state index contributed by atoms with van der Waals surface area (Å²) in [7, 11) is 0. The van der Waals surface area contributed by atoms with Crippen molar-refractivity contribution in [2.75, 3.05) is 11.9 Å². The highest BCUT2D eigenvalue weighted by Crippen LogP contribution is 2.36. The molecule has 0 saturated carbocycles. The Balaban J connectivity index is 1.42. The van der Waals surface area contributed by atoms with Crippen molar-refractivity contribution in [3.8, 4) is 0 Å². The van der Waals surface area contributed by atoms with Gasteiger partial charge < -0.3 is 9.88 Å². The number of halogens is 1. The second kappa shape index (κ2) is 10.3. The lowest BCUT2D eigenvalue weighted by molar-refractivity contribution is -0.127. The number of thioether (sulfide) groups is 1. The largest absolute Gasteiger partial charge is 0.340 e. The van der Waals surface area contributed by atoms with Crippen molar-refractivity contribution in [1.29, 1.82) is 0 Å². The number of carbonyl (C=O) groups excluding carboxylic acids is 3. The normalized spacial score (nSPS) is 14.7. The van der Waals surface area contributed by atoms with E-state index < -0.39 is 17.1 Å². The monoisotopic (exact) mass is 529 g/mol. The van der Waals surface area contributed by atoms with Crippen LogP contribution < -0.4 is 5.32 Å². The molecule has 4 aromatic rings. The molecule has 1 aliphatic rings. The average molecular weight is 530 g/mol. The fourth-order valence-electron chi connectivity index (χ4n) is 4.39. The minimum atomic E-state index is -0.476. The molecule has 6 nitrogen and oxygen atoms in total. The SMILES string of the molecule is Cc1ccc(NC(=O)CN2C(=O)S/C(=C\c3c(C)n(Cc4ccccc4Cl)c4ccccc34)C2=O)cc1. The van der Waals surface area contributed by atoms with E-state index in [9.17, 15) is 14.4 Å². The van der Waals surface area contributed by atoms with Crippen LogP contribution in [0.4, 0.5) is 10.5 Å². The molecule has 1 aliphatic heterocycles. The van der Waals surface area contributed by atoms with Gasteiger partial charge in [0.1, 0.15) is 6.54 Å². The van der Waals surface area contributed by atoms with Crippen LogP contribution in [0, 0.1) is 13.8 Å². The third-order valence-electron chi connectivity index (χ3n) is 6.35. The maximum absolute atomic E-state index is 13.2. The summed E-state index contributed by atoms with van der Waals surface area (Å²) in [6, 6.07) is 23.0. The molecule has 1 aromatic heterocycles. The van der Waals surface area contributed by atoms with E-state index in [2.05, 4.69) is 9.88 Å². The van der Waals surface area contributed by atoms with Gasteiger partial charge in [-0.05, 0) is 61.5 Å². The number of anilines is 1. The van der Waals surface area contributed by atoms with Crippen molar-refractivity contribution >= 4 is 63.1 Å². The molecule has 0 unspecified atom stereocenters. The van der Waals surface area contributed by atoms with Gasteiger partial charge in [-0.25, -0.2) is 0 Å². The molecule has 1 saturated heterocycles. The lowest BCUT2D eigenvalue weighted by Gasteiger charge is -2.12. The number of rotatable bonds is 6. The predicted octanol–water partition coefficient (Wildman–Crippen LogP) is 6.63. The maximum atomic E-state index is 13.2. The van der Waals surface area contributed by atoms with Gasteiger partial charge in [0.05, 0.1) is 4.91 Å². The topological polar surface area (TPSA) is 71.4 Å². The van der Waals surface area contributed by atoms with E-state index >= 15 is 0 Å². The Labute approximate surface area is 223 Å². The third kappa shape index (κ3) is 5.05. The van der Waals surface area contributed by atoms with E-state index in [1.54, 1.807) is 18.2 Å². The van der Waals surface area contributed by atoms with Crippen molar-refractivity contribution in [3.63, 3.8) is 0 Å². The molecule has 0 aliphatic carbocycles. The van der Waals surface area contributed by atoms with E-state index in [0.29, 0.717) is 17.3 Å². The summed E-state index contributed by atoms with van der Waals surface area (Å²) in [6.45, 7) is 4.17. The first-order chi connectivity index (χ1) is 17.8. The summed E-state index contributed by atoms with van der Waals surface area (Å²) in [5.41, 5.74) is 5.47. The van der Waals surface area contributed by atoms with Gasteiger partial charge in [-0.1, -0.05) is 65.7 Å². The quantitative estimate of drug-likeness (QED) is 0.284. The van der Waals surface area contributed by atoms with Gasteiger partial charge in [0.2, 0.25) is 5.91 Å². The number of aryl methyl sites for hydroxylation is 1. The minimum Gasteiger partial charge on any atom is -0.340 e. The Kier molecular flexibility index (Phi) is 6.91. The number of aromatic nitrogens is 1. The third-order valence-corrected chi connectivity index (χ3v) is 7.63. The Morgan fingerprint density at radius 2 is 1.68 bits per heavy atom. The van der Waals surface area contributed by atoms with Gasteiger partial charge in [-0.3, -0.25) is 19.3 Å². The van der Waals surface area contributed by atoms with Gasteiger partial charge in [-0.15, -0.1) is 0 Å². The molecule has 0 bridgehead atoms. The van der Waals surface area contributed by atoms with Crippen molar-refractivity contribution in [3.05, 3.63) is 105 Å². The van der Waals surface area contributed by atoms with Crippen LogP contribution in [0.3, 0.4) is 0 Å². The van der Waals surface area contributed by atoms with Crippen molar-refractivity contribution in [2.24, 2.45) is 0 Å². The molecule has 2 heterocycles. The highest BCUT2D eigenvalue weighted by Gasteiger charge is 2.36. The van der Waals surface area contributed by atoms with Crippen LogP contribution in [0.15, 0.2) is 77.7 Å². The molecular formula is C29H24ClN3O3S. The second-order valence-corrected chi connectivity index (χ2v) is 10.3. The van der Waals surface area contributed by atoms with Crippen LogP contribution in [0.5, 0.6) is 0 Å². The Hall–Kier alpha value is -3.81. The van der Waals surface area contributed by atoms with Crippen LogP contribution in [0.2, 0.25) is 5.02 Å². The summed E-state index contributed by atoms with van der Waals surface area (Å²) in [4.78, 5) is 39.6. The molecule has 3 amide bonds. The number of nitrogens with one attached hydrogen (secondary N) is 1. The maximum Gasteiger partial charge on any atom is 0.294 e. The lowest BCUT2D eigenvalue weighted by Crippen LogP contribution is -2.36. The second-order valence-electron chi connectivity index (χ2n) is 8.88. The van der Waals surface area contributed by atoms with Crippen LogP contribution in [0.1, 0.15) is 22.4 Å². The minimum absolute atomic E-state index is 0.289. The highest BCUT2D eigenvalue weighted by molar-refractivity contribution is 8.18. The van der Waals surface area contributed by atoms with Crippen LogP contribution in [-0.4, -0.2) is 33.1 Å². The molecule has 8 heteroatoms. The molecule has 0 radical (unpaired) electrons. The lowest BCUT2D eigenvalue weighted by atomic mass is 10.1. The first-order valence-electron chi connectivity index (χ1n) is 11.7. The van der Waals surface area contributed by atoms with E-state index in [1.165, 1.54) is 0 Å². The van der Waals surface area contributed by atoms with Crippen LogP contribution >= 0.6 is 23.4 Å². The number of fused-ring (bicyclic) bond motifs is 1. The Morgan fingerprint density at radius 3 is 2.43 bits per heavy atom. The molecular weight excluding hydrogens is 506 g/mol. The summed E-state index contributed by atoms with van der Waals surface area (Å²) < 4.78 is 2.15. The van der Waals surface area contributed by atoms with E-state index in [1.807, 2.05) is 74.5 Å². The predicted molar refractivity (Wildman–Crippen MR) is 150 cm³/mol. The van der Waals surface area contributed by atoms with Gasteiger partial charge in [0, 0.05) is 39.4 Å². The van der Waals surface area contributed by atoms with Crippen LogP contribution in [-0.2, 0) is 16.1 Å². The number of carbonyl (C=O) groups is 3. The summed E-state index contributed by atoms with van der Waals surface area (Å²) >= 11 is 7.27. The Morgan fingerprint density at radius 1 is 0.973 bits per heavy atom. The average Bonchev–Trinajstić information content (AvgIpc) is 3.30. The molecule has 37 heavy (non-hydrogen) atoms. The zero-order valence-corrected chi connectivity index (χ0v) is 21.9. The van der Waals surface area contributed by atoms with E-state index in [4.69, 9.17) is 11.6 Å². The first-order valence-corrected chi connectivity index (χ1v) is 12.9. The zero-order valence-electron chi connectivity index (χ0n) is 20.3. The van der Waals surface area contributed by atoms with Crippen LogP contribution in [0.25, 0.3) is 17.0 Å². The summed E-state index contributed by atoms with van der Waals surface area (Å²) in [6.07, 6.45) is 1.75. The molecule has 1 N–H and O–H groups in total. The highest BCUT2D eigenvalue weighted by atomic mass is 35.5. The standard InChI is InChI=1S/C29H24ClN3O3S/c1-18-11-13-21(14-12-18)31-27(34)17-33-28(35)26(37-29(33)36)15-23-19(2)32(25-10-6-4-8-22(23)25)16-20-7-3-5-9-24(20)30/h3-15H,16-17H2,1-2H3,(H,31,34)/b26-15-. The molecule has 0 spiro atoms. The van der Waals surface area contributed by atoms with Gasteiger partial charge in [0.15, 0.2) is 0 Å². The number of benzene rings is 3. The number of imide groups is 1. The zero-order chi connectivity index (χ0) is 26.1. The molecule has 3 aromatic carbocycles. The number of hydrogen-bond donors (Lipinski definition) is 1. The van der Waals surface area contributed by atoms with Gasteiger partial charge in [-0.2, -0.15) is 0 Å². The summed E-state index contributed by atoms with van der Waals surface area (Å²) in [5.74, 6) is -0.906. The fraction of sp³-hybridized carbons (Fsp3) is 0.138. The van der Waals surface area contributed by atoms with E-state index in [-0.39, 0.29) is 11.4 Å². The molecule has 186 valence electrons. The number of amides is 3. The number of hydrogen-bond acceptors (Lipinski definition) is 4. The first kappa shape index (κ1) is 24.9. The molecule has 0 atom stereocenters. The molecule has 5 rings (SSSR count). The summed E-state index contributed by atoms with van der Waals surface area (Å²) in [5, 5.41) is 3.93. The smallest absolute Gasteiger partial charge is 0.294 e. The van der Waals surface area contributed by atoms with Gasteiger partial charge in [0.25, 0.3) is 11.1 Å². The van der Waals surface area contributed by atoms with E-state index in [0.717, 1.165) is 49.9 Å². The van der Waals surface area contributed by atoms with Gasteiger partial charge >= 0.3 is 0 Å². The number of para-hydroxylation sites is 1. The van der Waals surface area contributed by atoms with Crippen molar-refractivity contribution in [2.45, 2.75) is 20.4 Å².